The molecular weight excluding hydrogens is 156 g/mol. The fraction of sp³-hybridized carbons (Fsp3) is 0. The lowest BCUT2D eigenvalue weighted by molar-refractivity contribution is 0.290. The zero-order valence-electron chi connectivity index (χ0n) is 6.18. The molecule has 4 heteroatoms. The van der Waals surface area contributed by atoms with Gasteiger partial charge in [0.1, 0.15) is 11.9 Å². The second kappa shape index (κ2) is 3.04. The van der Waals surface area contributed by atoms with Gasteiger partial charge in [0.25, 0.3) is 5.88 Å². The third kappa shape index (κ3) is 1.42. The lowest BCUT2D eigenvalue weighted by Crippen LogP contribution is -1.81. The van der Waals surface area contributed by atoms with E-state index >= 15 is 0 Å². The molecule has 0 aliphatic carbocycles. The van der Waals surface area contributed by atoms with E-state index < -0.39 is 0 Å². The van der Waals surface area contributed by atoms with Crippen molar-refractivity contribution < 1.29 is 9.37 Å². The summed E-state index contributed by atoms with van der Waals surface area (Å²) in [7, 11) is 0. The van der Waals surface area contributed by atoms with Crippen molar-refractivity contribution in [2.24, 2.45) is 0 Å². The van der Waals surface area contributed by atoms with Crippen LogP contribution in [0.3, 0.4) is 0 Å². The first-order chi connectivity index (χ1) is 5.95. The number of para-hydroxylation sites is 1. The predicted octanol–water partition coefficient (Wildman–Crippen LogP) is 1.86. The molecule has 2 aromatic rings. The van der Waals surface area contributed by atoms with Crippen LogP contribution in [0.25, 0.3) is 0 Å². The Morgan fingerprint density at radius 1 is 1.17 bits per heavy atom. The average Bonchev–Trinajstić information content (AvgIpc) is 2.59. The molecule has 0 spiro atoms. The van der Waals surface area contributed by atoms with Crippen LogP contribution in [0, 0.1) is 0 Å². The lowest BCUT2D eigenvalue weighted by Gasteiger charge is -1.97. The van der Waals surface area contributed by atoms with E-state index in [1.165, 1.54) is 6.20 Å². The van der Waals surface area contributed by atoms with E-state index in [1.54, 1.807) is 0 Å². The topological polar surface area (TPSA) is 48.2 Å². The van der Waals surface area contributed by atoms with Crippen molar-refractivity contribution in [1.82, 2.24) is 10.3 Å². The third-order valence-corrected chi connectivity index (χ3v) is 1.31. The van der Waals surface area contributed by atoms with Crippen molar-refractivity contribution >= 4 is 0 Å². The van der Waals surface area contributed by atoms with Gasteiger partial charge in [-0.25, -0.2) is 4.63 Å². The van der Waals surface area contributed by atoms with Gasteiger partial charge in [-0.2, -0.15) is 0 Å². The molecule has 1 aromatic heterocycles. The first-order valence-corrected chi connectivity index (χ1v) is 3.45. The highest BCUT2D eigenvalue weighted by Crippen LogP contribution is 2.16. The SMILES string of the molecule is c1ccc(Oc2cnon2)cc1. The molecule has 60 valence electrons. The number of ether oxygens (including phenoxy) is 1. The van der Waals surface area contributed by atoms with Gasteiger partial charge in [0, 0.05) is 0 Å². The van der Waals surface area contributed by atoms with Crippen molar-refractivity contribution in [3.8, 4) is 11.6 Å². The maximum atomic E-state index is 5.25. The first-order valence-electron chi connectivity index (χ1n) is 3.45. The molecule has 0 N–H and O–H groups in total. The van der Waals surface area contributed by atoms with Gasteiger partial charge in [-0.1, -0.05) is 23.4 Å². The standard InChI is InChI=1S/C8H6N2O2/c1-2-4-7(5-3-1)11-8-6-9-12-10-8/h1-6H. The van der Waals surface area contributed by atoms with Gasteiger partial charge in [0.15, 0.2) is 0 Å². The predicted molar refractivity (Wildman–Crippen MR) is 40.8 cm³/mol. The monoisotopic (exact) mass is 162 g/mol. The molecule has 2 rings (SSSR count). The molecule has 0 unspecified atom stereocenters. The van der Waals surface area contributed by atoms with Crippen molar-refractivity contribution in [3.05, 3.63) is 36.5 Å². The van der Waals surface area contributed by atoms with Crippen LogP contribution in [-0.2, 0) is 0 Å². The first kappa shape index (κ1) is 6.84. The van der Waals surface area contributed by atoms with Crippen LogP contribution >= 0.6 is 0 Å². The number of aromatic nitrogens is 2. The molecule has 1 heterocycles. The van der Waals surface area contributed by atoms with E-state index in [1.807, 2.05) is 30.3 Å². The van der Waals surface area contributed by atoms with Crippen molar-refractivity contribution in [1.29, 1.82) is 0 Å². The maximum Gasteiger partial charge on any atom is 0.281 e. The highest BCUT2D eigenvalue weighted by molar-refractivity contribution is 5.24. The van der Waals surface area contributed by atoms with Crippen molar-refractivity contribution in [2.75, 3.05) is 0 Å². The molecule has 0 aliphatic heterocycles. The van der Waals surface area contributed by atoms with Crippen LogP contribution in [0.5, 0.6) is 11.6 Å². The summed E-state index contributed by atoms with van der Waals surface area (Å²) in [5.74, 6) is 1.08. The molecule has 4 nitrogen and oxygen atoms in total. The molecule has 0 atom stereocenters. The molecule has 1 aromatic carbocycles. The molecule has 0 bridgehead atoms. The Morgan fingerprint density at radius 3 is 2.67 bits per heavy atom. The second-order valence-electron chi connectivity index (χ2n) is 2.16. The molecule has 0 fully saturated rings. The largest absolute Gasteiger partial charge is 0.435 e. The minimum absolute atomic E-state index is 0.362. The van der Waals surface area contributed by atoms with E-state index in [0.717, 1.165) is 0 Å². The summed E-state index contributed by atoms with van der Waals surface area (Å²) < 4.78 is 9.61. The Labute approximate surface area is 68.7 Å². The molecule has 12 heavy (non-hydrogen) atoms. The van der Waals surface area contributed by atoms with Gasteiger partial charge in [-0.05, 0) is 17.3 Å². The second-order valence-corrected chi connectivity index (χ2v) is 2.16. The zero-order chi connectivity index (χ0) is 8.23. The summed E-state index contributed by atoms with van der Waals surface area (Å²) in [5, 5.41) is 6.91. The van der Waals surface area contributed by atoms with E-state index in [9.17, 15) is 0 Å². The Hall–Kier alpha value is -1.84. The van der Waals surface area contributed by atoms with Crippen LogP contribution < -0.4 is 4.74 Å². The van der Waals surface area contributed by atoms with Gasteiger partial charge in [-0.3, -0.25) is 0 Å². The van der Waals surface area contributed by atoms with Gasteiger partial charge >= 0.3 is 0 Å². The Morgan fingerprint density at radius 2 is 2.00 bits per heavy atom. The van der Waals surface area contributed by atoms with E-state index in [-0.39, 0.29) is 0 Å². The summed E-state index contributed by atoms with van der Waals surface area (Å²) in [6.45, 7) is 0. The number of benzene rings is 1. The fourth-order valence-electron chi connectivity index (χ4n) is 0.810. The molecule has 0 saturated heterocycles. The summed E-state index contributed by atoms with van der Waals surface area (Å²) in [6.07, 6.45) is 1.41. The van der Waals surface area contributed by atoms with Crippen LogP contribution in [0.1, 0.15) is 0 Å². The summed E-state index contributed by atoms with van der Waals surface area (Å²) in [5.41, 5.74) is 0. The van der Waals surface area contributed by atoms with Crippen LogP contribution in [0.4, 0.5) is 0 Å². The number of hydrogen-bond acceptors (Lipinski definition) is 4. The van der Waals surface area contributed by atoms with E-state index in [0.29, 0.717) is 11.6 Å². The number of hydrogen-bond donors (Lipinski definition) is 0. The molecular formula is C8H6N2O2. The quantitative estimate of drug-likeness (QED) is 0.676. The third-order valence-electron chi connectivity index (χ3n) is 1.31. The highest BCUT2D eigenvalue weighted by atomic mass is 16.6. The average molecular weight is 162 g/mol. The van der Waals surface area contributed by atoms with Gasteiger partial charge in [0.2, 0.25) is 0 Å². The number of rotatable bonds is 2. The summed E-state index contributed by atoms with van der Waals surface area (Å²) in [4.78, 5) is 0. The van der Waals surface area contributed by atoms with Crippen LogP contribution in [0.15, 0.2) is 41.2 Å². The minimum Gasteiger partial charge on any atom is -0.435 e. The Kier molecular flexibility index (Phi) is 1.74. The summed E-state index contributed by atoms with van der Waals surface area (Å²) >= 11 is 0. The van der Waals surface area contributed by atoms with E-state index in [4.69, 9.17) is 4.74 Å². The van der Waals surface area contributed by atoms with Crippen molar-refractivity contribution in [2.45, 2.75) is 0 Å². The molecule has 0 amide bonds. The minimum atomic E-state index is 0.362. The Balaban J connectivity index is 2.15. The summed E-state index contributed by atoms with van der Waals surface area (Å²) in [6, 6.07) is 9.32. The Bertz CT molecular complexity index is 331. The van der Waals surface area contributed by atoms with Gasteiger partial charge in [-0.15, -0.1) is 0 Å². The van der Waals surface area contributed by atoms with Gasteiger partial charge in [0.05, 0.1) is 0 Å². The maximum absolute atomic E-state index is 5.25. The highest BCUT2D eigenvalue weighted by Gasteiger charge is 1.98. The molecule has 0 saturated carbocycles. The fourth-order valence-corrected chi connectivity index (χ4v) is 0.810. The van der Waals surface area contributed by atoms with Gasteiger partial charge < -0.3 is 4.74 Å². The smallest absolute Gasteiger partial charge is 0.281 e. The van der Waals surface area contributed by atoms with E-state index in [2.05, 4.69) is 14.9 Å². The zero-order valence-corrected chi connectivity index (χ0v) is 6.18. The molecule has 0 radical (unpaired) electrons. The molecule has 0 aliphatic rings. The number of nitrogens with zero attached hydrogens (tertiary/aromatic N) is 2. The lowest BCUT2D eigenvalue weighted by atomic mass is 10.3. The normalized spacial score (nSPS) is 9.67. The van der Waals surface area contributed by atoms with Crippen molar-refractivity contribution in [3.63, 3.8) is 0 Å². The van der Waals surface area contributed by atoms with Crippen LogP contribution in [0.2, 0.25) is 0 Å². The van der Waals surface area contributed by atoms with Crippen LogP contribution in [-0.4, -0.2) is 10.3 Å².